The van der Waals surface area contributed by atoms with E-state index in [9.17, 15) is 0 Å². The summed E-state index contributed by atoms with van der Waals surface area (Å²) in [7, 11) is 0. The first kappa shape index (κ1) is 24.3. The molecule has 0 aliphatic carbocycles. The summed E-state index contributed by atoms with van der Waals surface area (Å²) in [5.41, 5.74) is 9.10. The summed E-state index contributed by atoms with van der Waals surface area (Å²) in [4.78, 5) is 10.4. The standard InChI is InChI=1S/C40H23N3O2/c1-2-12-24(13-3-1)38-37-28-17-7-11-21-35(28)45-40(37)42-39(41-38)27-16-5-9-19-32(27)43-31-18-8-4-14-25(31)29-23-36-30(22-33(29)43)26-15-6-10-20-34(26)44-36/h1-23H. The third-order valence-corrected chi connectivity index (χ3v) is 8.84. The maximum Gasteiger partial charge on any atom is 0.231 e. The second-order valence-electron chi connectivity index (χ2n) is 11.4. The van der Waals surface area contributed by atoms with Crippen LogP contribution in [0.2, 0.25) is 0 Å². The van der Waals surface area contributed by atoms with Crippen LogP contribution in [0, 0.1) is 0 Å². The maximum absolute atomic E-state index is 6.36. The average Bonchev–Trinajstić information content (AvgIpc) is 3.76. The van der Waals surface area contributed by atoms with E-state index in [1.165, 1.54) is 0 Å². The van der Waals surface area contributed by atoms with Gasteiger partial charge in [-0.3, -0.25) is 0 Å². The van der Waals surface area contributed by atoms with Crippen molar-refractivity contribution in [2.24, 2.45) is 0 Å². The van der Waals surface area contributed by atoms with Crippen LogP contribution in [0.3, 0.4) is 0 Å². The molecule has 5 nitrogen and oxygen atoms in total. The first-order valence-electron chi connectivity index (χ1n) is 15.0. The summed E-state index contributed by atoms with van der Waals surface area (Å²) in [6.45, 7) is 0. The third-order valence-electron chi connectivity index (χ3n) is 8.84. The molecule has 0 bridgehead atoms. The Bertz CT molecular complexity index is 2770. The van der Waals surface area contributed by atoms with Gasteiger partial charge in [0.15, 0.2) is 5.82 Å². The van der Waals surface area contributed by atoms with Gasteiger partial charge in [0.1, 0.15) is 16.7 Å². The van der Waals surface area contributed by atoms with Crippen LogP contribution in [0.1, 0.15) is 0 Å². The van der Waals surface area contributed by atoms with Gasteiger partial charge < -0.3 is 13.4 Å². The van der Waals surface area contributed by atoms with Crippen molar-refractivity contribution in [3.8, 4) is 28.3 Å². The zero-order valence-corrected chi connectivity index (χ0v) is 23.9. The number of hydrogen-bond donors (Lipinski definition) is 0. The molecular weight excluding hydrogens is 554 g/mol. The maximum atomic E-state index is 6.36. The van der Waals surface area contributed by atoms with E-state index < -0.39 is 0 Å². The lowest BCUT2D eigenvalue weighted by Gasteiger charge is -2.14. The summed E-state index contributed by atoms with van der Waals surface area (Å²) in [5.74, 6) is 0.608. The minimum Gasteiger partial charge on any atom is -0.456 e. The lowest BCUT2D eigenvalue weighted by atomic mass is 10.1. The fourth-order valence-electron chi connectivity index (χ4n) is 6.85. The molecule has 10 rings (SSSR count). The Hall–Kier alpha value is -6.20. The zero-order valence-electron chi connectivity index (χ0n) is 23.9. The summed E-state index contributed by atoms with van der Waals surface area (Å²) in [6.07, 6.45) is 0. The Kier molecular flexibility index (Phi) is 4.93. The van der Waals surface area contributed by atoms with Crippen LogP contribution in [0.25, 0.3) is 94.1 Å². The van der Waals surface area contributed by atoms with Gasteiger partial charge in [0.05, 0.1) is 27.8 Å². The highest BCUT2D eigenvalue weighted by Gasteiger charge is 2.22. The molecule has 0 aliphatic rings. The van der Waals surface area contributed by atoms with Gasteiger partial charge in [-0.2, -0.15) is 4.98 Å². The number of rotatable bonds is 3. The monoisotopic (exact) mass is 577 g/mol. The van der Waals surface area contributed by atoms with Crippen molar-refractivity contribution < 1.29 is 8.83 Å². The van der Waals surface area contributed by atoms with Crippen LogP contribution < -0.4 is 0 Å². The Morgan fingerprint density at radius 3 is 2.02 bits per heavy atom. The molecule has 0 unspecified atom stereocenters. The smallest absolute Gasteiger partial charge is 0.231 e. The fourth-order valence-corrected chi connectivity index (χ4v) is 6.85. The van der Waals surface area contributed by atoms with Crippen molar-refractivity contribution in [3.05, 3.63) is 140 Å². The van der Waals surface area contributed by atoms with E-state index in [2.05, 4.69) is 89.5 Å². The van der Waals surface area contributed by atoms with Crippen LogP contribution in [-0.4, -0.2) is 14.5 Å². The average molecular weight is 578 g/mol. The number of hydrogen-bond acceptors (Lipinski definition) is 4. The van der Waals surface area contributed by atoms with Crippen LogP contribution in [-0.2, 0) is 0 Å². The number of fused-ring (bicyclic) bond motifs is 9. The van der Waals surface area contributed by atoms with Gasteiger partial charge in [-0.1, -0.05) is 97.1 Å². The molecule has 210 valence electrons. The Balaban J connectivity index is 1.30. The summed E-state index contributed by atoms with van der Waals surface area (Å²) in [6, 6.07) is 47.9. The van der Waals surface area contributed by atoms with Crippen LogP contribution in [0.5, 0.6) is 0 Å². The molecular formula is C40H23N3O2. The van der Waals surface area contributed by atoms with Crippen LogP contribution in [0.4, 0.5) is 0 Å². The largest absolute Gasteiger partial charge is 0.456 e. The predicted molar refractivity (Wildman–Crippen MR) is 182 cm³/mol. The molecule has 0 radical (unpaired) electrons. The van der Waals surface area contributed by atoms with Gasteiger partial charge in [0.2, 0.25) is 5.71 Å². The second-order valence-corrected chi connectivity index (χ2v) is 11.4. The first-order valence-corrected chi connectivity index (χ1v) is 15.0. The molecule has 0 atom stereocenters. The topological polar surface area (TPSA) is 57.0 Å². The second kappa shape index (κ2) is 9.15. The summed E-state index contributed by atoms with van der Waals surface area (Å²) in [5, 5.41) is 6.40. The molecule has 0 aliphatic heterocycles. The minimum atomic E-state index is 0.573. The summed E-state index contributed by atoms with van der Waals surface area (Å²) < 4.78 is 15.0. The van der Waals surface area contributed by atoms with Gasteiger partial charge in [0, 0.05) is 38.1 Å². The zero-order chi connectivity index (χ0) is 29.5. The number of para-hydroxylation sites is 4. The molecule has 0 spiro atoms. The lowest BCUT2D eigenvalue weighted by Crippen LogP contribution is -2.00. The Morgan fingerprint density at radius 1 is 0.467 bits per heavy atom. The predicted octanol–water partition coefficient (Wildman–Crippen LogP) is 10.7. The van der Waals surface area contributed by atoms with Crippen molar-refractivity contribution >= 4 is 65.8 Å². The van der Waals surface area contributed by atoms with E-state index in [-0.39, 0.29) is 0 Å². The quantitative estimate of drug-likeness (QED) is 0.210. The minimum absolute atomic E-state index is 0.573. The fraction of sp³-hybridized carbons (Fsp3) is 0. The molecule has 0 fully saturated rings. The van der Waals surface area contributed by atoms with Gasteiger partial charge in [0.25, 0.3) is 0 Å². The molecule has 10 aromatic rings. The van der Waals surface area contributed by atoms with Gasteiger partial charge in [-0.15, -0.1) is 0 Å². The van der Waals surface area contributed by atoms with E-state index in [1.807, 2.05) is 54.6 Å². The van der Waals surface area contributed by atoms with Crippen molar-refractivity contribution in [2.75, 3.05) is 0 Å². The molecule has 4 heterocycles. The van der Waals surface area contributed by atoms with E-state index in [0.29, 0.717) is 11.5 Å². The summed E-state index contributed by atoms with van der Waals surface area (Å²) >= 11 is 0. The number of furan rings is 2. The van der Waals surface area contributed by atoms with Gasteiger partial charge in [-0.25, -0.2) is 4.98 Å². The van der Waals surface area contributed by atoms with E-state index >= 15 is 0 Å². The van der Waals surface area contributed by atoms with Crippen molar-refractivity contribution in [2.45, 2.75) is 0 Å². The van der Waals surface area contributed by atoms with Crippen LogP contribution >= 0.6 is 0 Å². The van der Waals surface area contributed by atoms with Crippen molar-refractivity contribution in [1.82, 2.24) is 14.5 Å². The number of benzene rings is 6. The van der Waals surface area contributed by atoms with Gasteiger partial charge in [-0.05, 0) is 42.5 Å². The molecule has 0 saturated carbocycles. The Labute approximate surface area is 256 Å². The van der Waals surface area contributed by atoms with E-state index in [1.54, 1.807) is 0 Å². The molecule has 5 heteroatoms. The molecule has 45 heavy (non-hydrogen) atoms. The number of nitrogens with zero attached hydrogens (tertiary/aromatic N) is 3. The van der Waals surface area contributed by atoms with Gasteiger partial charge >= 0.3 is 0 Å². The SMILES string of the molecule is c1ccc(-c2nc(-c3ccccc3-n3c4ccccc4c4cc5oc6ccccc6c5cc43)nc3oc4ccccc4c23)cc1. The normalized spacial score (nSPS) is 12.0. The van der Waals surface area contributed by atoms with Crippen molar-refractivity contribution in [1.29, 1.82) is 0 Å². The Morgan fingerprint density at radius 2 is 1.16 bits per heavy atom. The molecule has 6 aromatic carbocycles. The van der Waals surface area contributed by atoms with Crippen LogP contribution in [0.15, 0.2) is 148 Å². The van der Waals surface area contributed by atoms with E-state index in [0.717, 1.165) is 82.6 Å². The molecule has 0 amide bonds. The number of aromatic nitrogens is 3. The molecule has 4 aromatic heterocycles. The first-order chi connectivity index (χ1) is 22.3. The van der Waals surface area contributed by atoms with Crippen molar-refractivity contribution in [3.63, 3.8) is 0 Å². The highest BCUT2D eigenvalue weighted by molar-refractivity contribution is 6.17. The highest BCUT2D eigenvalue weighted by atomic mass is 16.3. The van der Waals surface area contributed by atoms with E-state index in [4.69, 9.17) is 18.8 Å². The highest BCUT2D eigenvalue weighted by Crippen LogP contribution is 2.41. The molecule has 0 N–H and O–H groups in total. The third kappa shape index (κ3) is 3.49. The molecule has 0 saturated heterocycles. The lowest BCUT2D eigenvalue weighted by molar-refractivity contribution is 0.653.